The molecular weight excluding hydrogens is 346 g/mol. The predicted molar refractivity (Wildman–Crippen MR) is 121 cm³/mol. The molecular formula is C23H37N5. The normalized spacial score (nSPS) is 14.0. The van der Waals surface area contributed by atoms with Gasteiger partial charge in [0.25, 0.3) is 0 Å². The van der Waals surface area contributed by atoms with Crippen molar-refractivity contribution in [1.82, 2.24) is 19.7 Å². The molecule has 0 radical (unpaired) electrons. The van der Waals surface area contributed by atoms with Crippen LogP contribution in [0.5, 0.6) is 0 Å². The van der Waals surface area contributed by atoms with Gasteiger partial charge in [-0.3, -0.25) is 4.40 Å². The smallest absolute Gasteiger partial charge is 0.150 e. The van der Waals surface area contributed by atoms with Crippen molar-refractivity contribution in [2.24, 2.45) is 0 Å². The maximum atomic E-state index is 6.27. The fourth-order valence-electron chi connectivity index (χ4n) is 3.57. The van der Waals surface area contributed by atoms with Crippen LogP contribution in [0.25, 0.3) is 17.2 Å². The van der Waals surface area contributed by atoms with Gasteiger partial charge in [0.1, 0.15) is 17.2 Å². The summed E-state index contributed by atoms with van der Waals surface area (Å²) in [5, 5.41) is 3.58. The molecule has 0 unspecified atom stereocenters. The molecule has 0 aromatic carbocycles. The van der Waals surface area contributed by atoms with Gasteiger partial charge in [-0.1, -0.05) is 46.3 Å². The quantitative estimate of drug-likeness (QED) is 0.508. The molecule has 28 heavy (non-hydrogen) atoms. The molecule has 0 aliphatic carbocycles. The molecule has 0 bridgehead atoms. The molecule has 0 aliphatic heterocycles. The first-order valence-electron chi connectivity index (χ1n) is 10.6. The summed E-state index contributed by atoms with van der Waals surface area (Å²) in [4.78, 5) is 9.41. The third kappa shape index (κ3) is 5.22. The van der Waals surface area contributed by atoms with Crippen molar-refractivity contribution in [3.8, 4) is 0 Å². The van der Waals surface area contributed by atoms with Crippen LogP contribution in [0.3, 0.4) is 0 Å². The summed E-state index contributed by atoms with van der Waals surface area (Å²) in [5.41, 5.74) is 9.93. The van der Waals surface area contributed by atoms with Gasteiger partial charge in [-0.25, -0.2) is 9.97 Å². The maximum absolute atomic E-state index is 6.27. The predicted octanol–water partition coefficient (Wildman–Crippen LogP) is 5.43. The van der Waals surface area contributed by atoms with Crippen LogP contribution in [0.1, 0.15) is 89.9 Å². The van der Waals surface area contributed by atoms with E-state index in [0.29, 0.717) is 11.9 Å². The molecule has 0 spiro atoms. The van der Waals surface area contributed by atoms with Crippen molar-refractivity contribution < 1.29 is 0 Å². The second-order valence-electron chi connectivity index (χ2n) is 7.89. The molecule has 2 rings (SSSR count). The van der Waals surface area contributed by atoms with Crippen LogP contribution < -0.4 is 11.1 Å². The van der Waals surface area contributed by atoms with Gasteiger partial charge in [0, 0.05) is 12.0 Å². The zero-order valence-electron chi connectivity index (χ0n) is 18.3. The third-order valence-electron chi connectivity index (χ3n) is 5.05. The van der Waals surface area contributed by atoms with E-state index in [4.69, 9.17) is 10.7 Å². The lowest BCUT2D eigenvalue weighted by Crippen LogP contribution is -2.28. The monoisotopic (exact) mass is 383 g/mol. The zero-order valence-corrected chi connectivity index (χ0v) is 18.3. The highest BCUT2D eigenvalue weighted by molar-refractivity contribution is 5.82. The second-order valence-corrected chi connectivity index (χ2v) is 7.89. The number of fused-ring (bicyclic) bond motifs is 1. The summed E-state index contributed by atoms with van der Waals surface area (Å²) >= 11 is 0. The van der Waals surface area contributed by atoms with E-state index in [1.165, 1.54) is 12.8 Å². The lowest BCUT2D eigenvalue weighted by Gasteiger charge is -2.18. The Bertz CT molecular complexity index is 818. The Hall–Kier alpha value is -2.14. The molecule has 5 nitrogen and oxygen atoms in total. The Balaban J connectivity index is 2.49. The van der Waals surface area contributed by atoms with Crippen LogP contribution in [0.2, 0.25) is 0 Å². The van der Waals surface area contributed by atoms with Crippen molar-refractivity contribution in [1.29, 1.82) is 0 Å². The van der Waals surface area contributed by atoms with Crippen molar-refractivity contribution >= 4 is 23.0 Å². The van der Waals surface area contributed by atoms with Crippen LogP contribution in [0, 0.1) is 0 Å². The second kappa shape index (κ2) is 10.4. The van der Waals surface area contributed by atoms with Crippen LogP contribution >= 0.6 is 0 Å². The summed E-state index contributed by atoms with van der Waals surface area (Å²) in [5.74, 6) is 1.82. The van der Waals surface area contributed by atoms with Gasteiger partial charge < -0.3 is 11.1 Å². The Morgan fingerprint density at radius 3 is 2.71 bits per heavy atom. The Morgan fingerprint density at radius 1 is 1.32 bits per heavy atom. The van der Waals surface area contributed by atoms with Gasteiger partial charge in [-0.2, -0.15) is 0 Å². The van der Waals surface area contributed by atoms with Gasteiger partial charge >= 0.3 is 0 Å². The van der Waals surface area contributed by atoms with Crippen LogP contribution in [-0.2, 0) is 0 Å². The van der Waals surface area contributed by atoms with E-state index >= 15 is 0 Å². The van der Waals surface area contributed by atoms with E-state index in [2.05, 4.69) is 61.1 Å². The molecule has 0 saturated heterocycles. The Morgan fingerprint density at radius 2 is 2.07 bits per heavy atom. The van der Waals surface area contributed by atoms with E-state index < -0.39 is 0 Å². The average molecular weight is 384 g/mol. The van der Waals surface area contributed by atoms with Gasteiger partial charge in [0.2, 0.25) is 0 Å². The highest BCUT2D eigenvalue weighted by Crippen LogP contribution is 2.30. The molecule has 3 N–H and O–H groups in total. The number of unbranched alkanes of at least 4 members (excludes halogenated alkanes) is 2. The first-order valence-corrected chi connectivity index (χ1v) is 10.6. The van der Waals surface area contributed by atoms with E-state index in [0.717, 1.165) is 54.1 Å². The standard InChI is InChI=1S/C23H37N5/c1-7-9-10-11-12-19-15-26-22(24)21-20(16(3)4)27-23(28(19)21)17(5)14-18(6)25-13-8-2/h11-12,15,17-18,25H,3,7-10,13-14H2,1-2,4-6H3,(H2,24,26)/b12-11+/t17-,18-/m1/s1. The largest absolute Gasteiger partial charge is 0.382 e. The molecule has 154 valence electrons. The summed E-state index contributed by atoms with van der Waals surface area (Å²) in [6.07, 6.45) is 11.8. The molecule has 2 aromatic heterocycles. The van der Waals surface area contributed by atoms with Crippen LogP contribution in [-0.4, -0.2) is 27.0 Å². The molecule has 2 aromatic rings. The fraction of sp³-hybridized carbons (Fsp3) is 0.565. The third-order valence-corrected chi connectivity index (χ3v) is 5.05. The van der Waals surface area contributed by atoms with E-state index in [9.17, 15) is 0 Å². The topological polar surface area (TPSA) is 68.2 Å². The highest BCUT2D eigenvalue weighted by atomic mass is 15.1. The number of nitrogens with zero attached hydrogens (tertiary/aromatic N) is 3. The van der Waals surface area contributed by atoms with Gasteiger partial charge in [0.05, 0.1) is 17.6 Å². The number of hydrogen-bond acceptors (Lipinski definition) is 4. The van der Waals surface area contributed by atoms with Crippen molar-refractivity contribution in [2.45, 2.75) is 78.7 Å². The van der Waals surface area contributed by atoms with Crippen LogP contribution in [0.4, 0.5) is 5.82 Å². The number of nitrogen functional groups attached to an aromatic ring is 1. The zero-order chi connectivity index (χ0) is 20.7. The number of nitrogens with one attached hydrogen (secondary N) is 1. The van der Waals surface area contributed by atoms with Gasteiger partial charge in [0.15, 0.2) is 0 Å². The van der Waals surface area contributed by atoms with E-state index in [1.807, 2.05) is 13.1 Å². The summed E-state index contributed by atoms with van der Waals surface area (Å²) in [7, 11) is 0. The minimum absolute atomic E-state index is 0.282. The molecule has 0 fully saturated rings. The lowest BCUT2D eigenvalue weighted by molar-refractivity contribution is 0.469. The van der Waals surface area contributed by atoms with Crippen molar-refractivity contribution in [2.75, 3.05) is 12.3 Å². The first-order chi connectivity index (χ1) is 13.4. The summed E-state index contributed by atoms with van der Waals surface area (Å²) in [6.45, 7) is 16.0. The summed E-state index contributed by atoms with van der Waals surface area (Å²) in [6, 6.07) is 0.429. The minimum atomic E-state index is 0.282. The number of hydrogen-bond donors (Lipinski definition) is 2. The minimum Gasteiger partial charge on any atom is -0.382 e. The molecule has 0 aliphatic rings. The fourth-order valence-corrected chi connectivity index (χ4v) is 3.57. The number of imidazole rings is 1. The molecule has 0 amide bonds. The molecule has 5 heteroatoms. The lowest BCUT2D eigenvalue weighted by atomic mass is 10.0. The average Bonchev–Trinajstić information content (AvgIpc) is 3.07. The number of nitrogens with two attached hydrogens (primary N) is 1. The first kappa shape index (κ1) is 22.2. The number of allylic oxidation sites excluding steroid dienone is 2. The van der Waals surface area contributed by atoms with E-state index in [-0.39, 0.29) is 5.92 Å². The SMILES string of the molecule is C=C(C)c1nc([C@H](C)C[C@@H](C)NCCC)n2c(/C=C/CCCC)cnc(N)c12. The van der Waals surface area contributed by atoms with Gasteiger partial charge in [-0.05, 0) is 51.3 Å². The Kier molecular flexibility index (Phi) is 8.24. The van der Waals surface area contributed by atoms with E-state index in [1.54, 1.807) is 0 Å². The molecule has 2 atom stereocenters. The number of aromatic nitrogens is 3. The Labute approximate surface area is 170 Å². The van der Waals surface area contributed by atoms with Crippen LogP contribution in [0.15, 0.2) is 18.9 Å². The molecule has 2 heterocycles. The van der Waals surface area contributed by atoms with Gasteiger partial charge in [-0.15, -0.1) is 0 Å². The highest BCUT2D eigenvalue weighted by Gasteiger charge is 2.22. The maximum Gasteiger partial charge on any atom is 0.150 e. The van der Waals surface area contributed by atoms with Crippen molar-refractivity contribution in [3.05, 3.63) is 36.1 Å². The molecule has 0 saturated carbocycles. The number of anilines is 1. The number of rotatable bonds is 11. The summed E-state index contributed by atoms with van der Waals surface area (Å²) < 4.78 is 2.19. The van der Waals surface area contributed by atoms with Crippen molar-refractivity contribution in [3.63, 3.8) is 0 Å².